The average molecular weight is 533 g/mol. The SMILES string of the molecule is CCCNC(=O)c1ccc(CN2CC(c3cc(Cl)cc(Cl)c3)=NC23CCC(C(C)(C)C)CC3)cc1F. The van der Waals surface area contributed by atoms with Crippen molar-refractivity contribution in [3.05, 3.63) is 69.0 Å². The van der Waals surface area contributed by atoms with E-state index in [1.807, 2.05) is 25.1 Å². The summed E-state index contributed by atoms with van der Waals surface area (Å²) >= 11 is 12.6. The van der Waals surface area contributed by atoms with Crippen LogP contribution in [0.2, 0.25) is 10.0 Å². The molecule has 2 aromatic rings. The number of carbonyl (C=O) groups is 1. The van der Waals surface area contributed by atoms with Crippen LogP contribution in [0.3, 0.4) is 0 Å². The van der Waals surface area contributed by atoms with Gasteiger partial charge in [-0.25, -0.2) is 4.39 Å². The molecule has 0 saturated heterocycles. The highest BCUT2D eigenvalue weighted by molar-refractivity contribution is 6.35. The highest BCUT2D eigenvalue weighted by Crippen LogP contribution is 2.47. The molecule has 1 amide bonds. The van der Waals surface area contributed by atoms with Crippen molar-refractivity contribution in [2.75, 3.05) is 13.1 Å². The summed E-state index contributed by atoms with van der Waals surface area (Å²) in [7, 11) is 0. The molecule has 2 aliphatic rings. The Labute approximate surface area is 224 Å². The minimum atomic E-state index is -0.492. The fourth-order valence-electron chi connectivity index (χ4n) is 5.53. The second kappa shape index (κ2) is 10.8. The lowest BCUT2D eigenvalue weighted by Gasteiger charge is -2.45. The van der Waals surface area contributed by atoms with Gasteiger partial charge in [0.2, 0.25) is 0 Å². The molecular formula is C29H36Cl2FN3O. The van der Waals surface area contributed by atoms with Crippen LogP contribution in [0.25, 0.3) is 0 Å². The molecule has 0 bridgehead atoms. The fourth-order valence-corrected chi connectivity index (χ4v) is 6.06. The van der Waals surface area contributed by atoms with Gasteiger partial charge >= 0.3 is 0 Å². The van der Waals surface area contributed by atoms with Crippen molar-refractivity contribution in [1.82, 2.24) is 10.2 Å². The van der Waals surface area contributed by atoms with Gasteiger partial charge in [-0.3, -0.25) is 14.7 Å². The van der Waals surface area contributed by atoms with E-state index in [0.717, 1.165) is 48.9 Å². The van der Waals surface area contributed by atoms with Crippen molar-refractivity contribution in [2.24, 2.45) is 16.3 Å². The molecule has 4 rings (SSSR count). The number of hydrogen-bond donors (Lipinski definition) is 1. The van der Waals surface area contributed by atoms with E-state index in [4.69, 9.17) is 28.2 Å². The number of benzene rings is 2. The molecule has 0 radical (unpaired) electrons. The maximum atomic E-state index is 14.9. The lowest BCUT2D eigenvalue weighted by atomic mass is 9.69. The number of carbonyl (C=O) groups excluding carboxylic acids is 1. The van der Waals surface area contributed by atoms with Crippen LogP contribution >= 0.6 is 23.2 Å². The molecule has 1 heterocycles. The van der Waals surface area contributed by atoms with Crippen LogP contribution in [0, 0.1) is 17.2 Å². The molecular weight excluding hydrogens is 496 g/mol. The summed E-state index contributed by atoms with van der Waals surface area (Å²) in [5, 5.41) is 3.92. The summed E-state index contributed by atoms with van der Waals surface area (Å²) in [6, 6.07) is 10.5. The van der Waals surface area contributed by atoms with Crippen molar-refractivity contribution in [2.45, 2.75) is 72.0 Å². The maximum Gasteiger partial charge on any atom is 0.254 e. The minimum absolute atomic E-state index is 0.0829. The summed E-state index contributed by atoms with van der Waals surface area (Å²) in [5.74, 6) is -0.223. The summed E-state index contributed by atoms with van der Waals surface area (Å²) < 4.78 is 14.9. The smallest absolute Gasteiger partial charge is 0.254 e. The van der Waals surface area contributed by atoms with E-state index in [0.29, 0.717) is 35.6 Å². The molecule has 0 aromatic heterocycles. The van der Waals surface area contributed by atoms with Crippen molar-refractivity contribution in [1.29, 1.82) is 0 Å². The van der Waals surface area contributed by atoms with Crippen molar-refractivity contribution >= 4 is 34.8 Å². The molecule has 36 heavy (non-hydrogen) atoms. The van der Waals surface area contributed by atoms with E-state index in [9.17, 15) is 9.18 Å². The average Bonchev–Trinajstić information content (AvgIpc) is 3.14. The molecule has 0 unspecified atom stereocenters. The molecule has 1 spiro atoms. The Morgan fingerprint density at radius 3 is 2.39 bits per heavy atom. The molecule has 0 atom stereocenters. The van der Waals surface area contributed by atoms with Gasteiger partial charge in [0, 0.05) is 29.7 Å². The molecule has 1 saturated carbocycles. The Balaban J connectivity index is 1.60. The van der Waals surface area contributed by atoms with E-state index in [1.54, 1.807) is 12.1 Å². The monoisotopic (exact) mass is 531 g/mol. The van der Waals surface area contributed by atoms with Gasteiger partial charge < -0.3 is 5.32 Å². The molecule has 1 aliphatic heterocycles. The van der Waals surface area contributed by atoms with Crippen LogP contribution < -0.4 is 5.32 Å². The lowest BCUT2D eigenvalue weighted by molar-refractivity contribution is 0.0376. The van der Waals surface area contributed by atoms with E-state index in [1.165, 1.54) is 6.07 Å². The number of nitrogens with zero attached hydrogens (tertiary/aromatic N) is 2. The van der Waals surface area contributed by atoms with E-state index in [2.05, 4.69) is 31.0 Å². The highest BCUT2D eigenvalue weighted by Gasteiger charge is 2.46. The molecule has 194 valence electrons. The third kappa shape index (κ3) is 5.95. The van der Waals surface area contributed by atoms with Gasteiger partial charge in [-0.1, -0.05) is 57.0 Å². The van der Waals surface area contributed by atoms with Crippen LogP contribution in [0.5, 0.6) is 0 Å². The summed E-state index contributed by atoms with van der Waals surface area (Å²) in [5.41, 5.74) is 2.73. The molecule has 1 aliphatic carbocycles. The first-order valence-electron chi connectivity index (χ1n) is 12.9. The Kier molecular flexibility index (Phi) is 8.13. The predicted octanol–water partition coefficient (Wildman–Crippen LogP) is 7.51. The van der Waals surface area contributed by atoms with E-state index >= 15 is 0 Å². The molecule has 4 nitrogen and oxygen atoms in total. The van der Waals surface area contributed by atoms with Crippen LogP contribution in [-0.2, 0) is 6.54 Å². The van der Waals surface area contributed by atoms with Gasteiger partial charge in [-0.2, -0.15) is 0 Å². The Bertz CT molecular complexity index is 1130. The zero-order valence-corrected chi connectivity index (χ0v) is 23.1. The topological polar surface area (TPSA) is 44.7 Å². The lowest BCUT2D eigenvalue weighted by Crippen LogP contribution is -2.47. The third-order valence-electron chi connectivity index (χ3n) is 7.67. The Morgan fingerprint density at radius 2 is 1.81 bits per heavy atom. The van der Waals surface area contributed by atoms with E-state index < -0.39 is 5.82 Å². The van der Waals surface area contributed by atoms with Gasteiger partial charge in [0.25, 0.3) is 5.91 Å². The Morgan fingerprint density at radius 1 is 1.14 bits per heavy atom. The number of amides is 1. The van der Waals surface area contributed by atoms with Crippen LogP contribution in [0.15, 0.2) is 41.4 Å². The van der Waals surface area contributed by atoms with Gasteiger partial charge in [0.05, 0.1) is 11.3 Å². The van der Waals surface area contributed by atoms with Crippen molar-refractivity contribution in [3.63, 3.8) is 0 Å². The third-order valence-corrected chi connectivity index (χ3v) is 8.10. The summed E-state index contributed by atoms with van der Waals surface area (Å²) in [6.45, 7) is 10.6. The zero-order valence-electron chi connectivity index (χ0n) is 21.6. The molecule has 2 aromatic carbocycles. The van der Waals surface area contributed by atoms with Crippen molar-refractivity contribution in [3.8, 4) is 0 Å². The van der Waals surface area contributed by atoms with Crippen LogP contribution in [-0.4, -0.2) is 35.3 Å². The van der Waals surface area contributed by atoms with Crippen molar-refractivity contribution < 1.29 is 9.18 Å². The minimum Gasteiger partial charge on any atom is -0.352 e. The second-order valence-corrected chi connectivity index (χ2v) is 12.1. The molecule has 7 heteroatoms. The largest absolute Gasteiger partial charge is 0.352 e. The quantitative estimate of drug-likeness (QED) is 0.419. The maximum absolute atomic E-state index is 14.9. The zero-order chi connectivity index (χ0) is 26.1. The number of nitrogens with one attached hydrogen (secondary N) is 1. The first kappa shape index (κ1) is 27.1. The normalized spacial score (nSPS) is 22.6. The fraction of sp³-hybridized carbons (Fsp3) is 0.517. The van der Waals surface area contributed by atoms with Gasteiger partial charge in [0.1, 0.15) is 11.5 Å². The van der Waals surface area contributed by atoms with Crippen LogP contribution in [0.1, 0.15) is 81.3 Å². The number of hydrogen-bond acceptors (Lipinski definition) is 3. The first-order chi connectivity index (χ1) is 17.0. The highest BCUT2D eigenvalue weighted by atomic mass is 35.5. The molecule has 1 N–H and O–H groups in total. The number of rotatable bonds is 6. The summed E-state index contributed by atoms with van der Waals surface area (Å²) in [6.07, 6.45) is 4.90. The van der Waals surface area contributed by atoms with Crippen LogP contribution in [0.4, 0.5) is 4.39 Å². The number of halogens is 3. The van der Waals surface area contributed by atoms with E-state index in [-0.39, 0.29) is 22.5 Å². The van der Waals surface area contributed by atoms with Gasteiger partial charge in [-0.15, -0.1) is 0 Å². The Hall–Kier alpha value is -1.95. The standard InChI is InChI=1S/C29H36Cl2FN3O/c1-5-12-33-27(36)24-7-6-19(13-25(24)32)17-35-18-26(20-14-22(30)16-23(31)15-20)34-29(35)10-8-21(9-11-29)28(2,3)4/h6-7,13-16,21H,5,8-12,17-18H2,1-4H3,(H,33,36). The van der Waals surface area contributed by atoms with Gasteiger partial charge in [0.15, 0.2) is 0 Å². The number of aliphatic imine (C=N–C) groups is 1. The summed E-state index contributed by atoms with van der Waals surface area (Å²) in [4.78, 5) is 19.9. The first-order valence-corrected chi connectivity index (χ1v) is 13.6. The second-order valence-electron chi connectivity index (χ2n) is 11.3. The predicted molar refractivity (Wildman–Crippen MR) is 147 cm³/mol. The van der Waals surface area contributed by atoms with Gasteiger partial charge in [-0.05, 0) is 84.9 Å². The molecule has 1 fully saturated rings.